The van der Waals surface area contributed by atoms with Crippen molar-refractivity contribution in [1.82, 2.24) is 0 Å². The van der Waals surface area contributed by atoms with E-state index in [1.807, 2.05) is 6.92 Å². The van der Waals surface area contributed by atoms with Gasteiger partial charge in [-0.1, -0.05) is 25.8 Å². The molecule has 1 aliphatic heterocycles. The van der Waals surface area contributed by atoms with E-state index in [-0.39, 0.29) is 11.9 Å². The number of rotatable bonds is 4. The summed E-state index contributed by atoms with van der Waals surface area (Å²) in [5.41, 5.74) is 0. The van der Waals surface area contributed by atoms with Crippen molar-refractivity contribution in [3.8, 4) is 0 Å². The number of allylic oxidation sites excluding steroid dienone is 1. The zero-order valence-corrected chi connectivity index (χ0v) is 10.2. The summed E-state index contributed by atoms with van der Waals surface area (Å²) in [4.78, 5) is 11.7. The Hall–Kier alpha value is -0.573. The van der Waals surface area contributed by atoms with Gasteiger partial charge in [-0.05, 0) is 25.1 Å². The SMILES string of the molecule is C=CCC(C)C(=O)O[Si]1(C)CCCC1. The van der Waals surface area contributed by atoms with E-state index in [4.69, 9.17) is 4.43 Å². The topological polar surface area (TPSA) is 26.3 Å². The second-order valence-electron chi connectivity index (χ2n) is 4.50. The standard InChI is InChI=1S/C11H20O2Si/c1-4-7-10(2)11(12)13-14(3)8-5-6-9-14/h4,10H,1,5-9H2,2-3H3. The Labute approximate surface area is 87.5 Å². The lowest BCUT2D eigenvalue weighted by atomic mass is 10.1. The smallest absolute Gasteiger partial charge is 0.295 e. The summed E-state index contributed by atoms with van der Waals surface area (Å²) < 4.78 is 5.67. The van der Waals surface area contributed by atoms with E-state index in [9.17, 15) is 4.79 Å². The van der Waals surface area contributed by atoms with Crippen molar-refractivity contribution in [2.75, 3.05) is 0 Å². The molecule has 2 nitrogen and oxygen atoms in total. The number of carbonyl (C=O) groups is 1. The fourth-order valence-corrected chi connectivity index (χ4v) is 5.05. The molecule has 3 heteroatoms. The van der Waals surface area contributed by atoms with Crippen LogP contribution in [0.1, 0.15) is 26.2 Å². The Bertz CT molecular complexity index is 219. The van der Waals surface area contributed by atoms with Gasteiger partial charge in [-0.15, -0.1) is 6.58 Å². The van der Waals surface area contributed by atoms with Crippen molar-refractivity contribution in [2.45, 2.75) is 44.8 Å². The Morgan fingerprint density at radius 1 is 1.57 bits per heavy atom. The first kappa shape index (κ1) is 11.5. The van der Waals surface area contributed by atoms with Crippen molar-refractivity contribution in [3.05, 3.63) is 12.7 Å². The molecule has 1 saturated heterocycles. The number of hydrogen-bond donors (Lipinski definition) is 0. The first-order valence-electron chi connectivity index (χ1n) is 5.41. The van der Waals surface area contributed by atoms with Gasteiger partial charge in [0.15, 0.2) is 0 Å². The Balaban J connectivity index is 2.42. The predicted molar refractivity (Wildman–Crippen MR) is 60.5 cm³/mol. The minimum absolute atomic E-state index is 0.0130. The van der Waals surface area contributed by atoms with E-state index in [2.05, 4.69) is 13.1 Å². The van der Waals surface area contributed by atoms with Gasteiger partial charge in [-0.2, -0.15) is 0 Å². The van der Waals surface area contributed by atoms with Crippen LogP contribution in [0.25, 0.3) is 0 Å². The molecule has 1 aliphatic rings. The van der Waals surface area contributed by atoms with Gasteiger partial charge in [0.2, 0.25) is 0 Å². The maximum Gasteiger partial charge on any atom is 0.295 e. The molecule has 0 bridgehead atoms. The van der Waals surface area contributed by atoms with Gasteiger partial charge in [0.05, 0.1) is 5.92 Å². The summed E-state index contributed by atoms with van der Waals surface area (Å²) in [6, 6.07) is 2.30. The van der Waals surface area contributed by atoms with Crippen molar-refractivity contribution < 1.29 is 9.22 Å². The lowest BCUT2D eigenvalue weighted by Gasteiger charge is -2.23. The molecule has 0 aromatic rings. The van der Waals surface area contributed by atoms with E-state index in [0.717, 1.165) is 18.5 Å². The van der Waals surface area contributed by atoms with Crippen molar-refractivity contribution >= 4 is 14.3 Å². The van der Waals surface area contributed by atoms with Gasteiger partial charge in [0.25, 0.3) is 14.3 Å². The molecule has 1 unspecified atom stereocenters. The quantitative estimate of drug-likeness (QED) is 0.528. The highest BCUT2D eigenvalue weighted by Crippen LogP contribution is 2.31. The van der Waals surface area contributed by atoms with E-state index in [1.165, 1.54) is 12.8 Å². The van der Waals surface area contributed by atoms with Gasteiger partial charge in [-0.3, -0.25) is 4.79 Å². The Morgan fingerprint density at radius 2 is 2.14 bits per heavy atom. The number of carbonyl (C=O) groups excluding carboxylic acids is 1. The summed E-state index contributed by atoms with van der Waals surface area (Å²) in [6.45, 7) is 7.73. The highest BCUT2D eigenvalue weighted by atomic mass is 28.4. The molecule has 80 valence electrons. The normalized spacial score (nSPS) is 21.6. The van der Waals surface area contributed by atoms with Crippen LogP contribution in [0.4, 0.5) is 0 Å². The lowest BCUT2D eigenvalue weighted by molar-refractivity contribution is -0.139. The van der Waals surface area contributed by atoms with Crippen LogP contribution in [0, 0.1) is 5.92 Å². The van der Waals surface area contributed by atoms with Crippen LogP contribution >= 0.6 is 0 Å². The molecule has 1 atom stereocenters. The molecule has 0 radical (unpaired) electrons. The van der Waals surface area contributed by atoms with Gasteiger partial charge in [0.1, 0.15) is 0 Å². The fraction of sp³-hybridized carbons (Fsp3) is 0.727. The van der Waals surface area contributed by atoms with Crippen LogP contribution in [0.15, 0.2) is 12.7 Å². The highest BCUT2D eigenvalue weighted by molar-refractivity contribution is 6.74. The maximum atomic E-state index is 11.7. The Kier molecular flexibility index (Phi) is 3.93. The molecule has 1 rings (SSSR count). The molecular formula is C11H20O2Si. The fourth-order valence-electron chi connectivity index (χ4n) is 1.91. The van der Waals surface area contributed by atoms with Gasteiger partial charge in [0, 0.05) is 0 Å². The van der Waals surface area contributed by atoms with E-state index in [1.54, 1.807) is 6.08 Å². The van der Waals surface area contributed by atoms with Crippen LogP contribution < -0.4 is 0 Å². The van der Waals surface area contributed by atoms with Crippen molar-refractivity contribution in [3.63, 3.8) is 0 Å². The molecule has 0 saturated carbocycles. The second kappa shape index (κ2) is 4.78. The molecule has 0 aliphatic carbocycles. The average Bonchev–Trinajstić information content (AvgIpc) is 2.52. The first-order chi connectivity index (χ1) is 6.57. The molecule has 0 aromatic carbocycles. The Morgan fingerprint density at radius 3 is 2.64 bits per heavy atom. The summed E-state index contributed by atoms with van der Waals surface area (Å²) in [5.74, 6) is -0.0293. The zero-order valence-electron chi connectivity index (χ0n) is 9.21. The third-order valence-electron chi connectivity index (χ3n) is 2.93. The molecular weight excluding hydrogens is 192 g/mol. The summed E-state index contributed by atoms with van der Waals surface area (Å²) in [5, 5.41) is 0. The summed E-state index contributed by atoms with van der Waals surface area (Å²) in [7, 11) is -1.62. The molecule has 0 aromatic heterocycles. The first-order valence-corrected chi connectivity index (χ1v) is 8.23. The van der Waals surface area contributed by atoms with Gasteiger partial charge >= 0.3 is 0 Å². The van der Waals surface area contributed by atoms with Crippen LogP contribution in [0.2, 0.25) is 18.6 Å². The third-order valence-corrected chi connectivity index (χ3v) is 6.45. The molecule has 0 amide bonds. The second-order valence-corrected chi connectivity index (χ2v) is 8.61. The van der Waals surface area contributed by atoms with E-state index < -0.39 is 8.32 Å². The molecule has 14 heavy (non-hydrogen) atoms. The van der Waals surface area contributed by atoms with Crippen molar-refractivity contribution in [2.24, 2.45) is 5.92 Å². The summed E-state index contributed by atoms with van der Waals surface area (Å²) in [6.07, 6.45) is 4.99. The van der Waals surface area contributed by atoms with E-state index in [0.29, 0.717) is 0 Å². The van der Waals surface area contributed by atoms with Crippen LogP contribution in [-0.2, 0) is 9.22 Å². The summed E-state index contributed by atoms with van der Waals surface area (Å²) >= 11 is 0. The monoisotopic (exact) mass is 212 g/mol. The minimum Gasteiger partial charge on any atom is -0.519 e. The van der Waals surface area contributed by atoms with Gasteiger partial charge in [-0.25, -0.2) is 0 Å². The maximum absolute atomic E-state index is 11.7. The average molecular weight is 212 g/mol. The van der Waals surface area contributed by atoms with Crippen LogP contribution in [0.3, 0.4) is 0 Å². The predicted octanol–water partition coefficient (Wildman–Crippen LogP) is 3.11. The zero-order chi connectivity index (χ0) is 10.6. The third kappa shape index (κ3) is 2.98. The molecule has 0 N–H and O–H groups in total. The molecule has 1 heterocycles. The van der Waals surface area contributed by atoms with E-state index >= 15 is 0 Å². The largest absolute Gasteiger partial charge is 0.519 e. The molecule has 0 spiro atoms. The van der Waals surface area contributed by atoms with Crippen LogP contribution in [0.5, 0.6) is 0 Å². The minimum atomic E-state index is -1.62. The molecule has 1 fully saturated rings. The highest BCUT2D eigenvalue weighted by Gasteiger charge is 2.37. The lowest BCUT2D eigenvalue weighted by Crippen LogP contribution is -2.35. The number of hydrogen-bond acceptors (Lipinski definition) is 2. The van der Waals surface area contributed by atoms with Crippen molar-refractivity contribution in [1.29, 1.82) is 0 Å². The van der Waals surface area contributed by atoms with Gasteiger partial charge < -0.3 is 4.43 Å². The van der Waals surface area contributed by atoms with Crippen LogP contribution in [-0.4, -0.2) is 14.3 Å².